The molecular formula is C40H80NO19P3. The standard InChI is InChI=1S/C40H80NO19P3/c1-2-3-4-5-6-7-8-9-13-16-19-22-25-28-34(43)57-32(30-55-33(42)27-24-21-18-15-12-10-11-14-17-20-23-26-29-41)31-56-63(53,54)60-38-35(44)36(45)39(58-61(47,48)49)40(37(38)46)59-62(50,51)52/h32,35-40,44-46H,2-31,41H2,1H3,(H,53,54)(H2,47,48,49)(H2,50,51,52)/t32-,35+,36-,37?,38?,39?,40+/m1/s1. The Kier molecular flexibility index (Phi) is 32.8. The first-order chi connectivity index (χ1) is 29.8. The molecule has 0 radical (unpaired) electrons. The molecular weight excluding hydrogens is 891 g/mol. The molecule has 0 spiro atoms. The lowest BCUT2D eigenvalue weighted by atomic mass is 9.85. The third-order valence-corrected chi connectivity index (χ3v) is 12.8. The van der Waals surface area contributed by atoms with Gasteiger partial charge in [-0.3, -0.25) is 27.7 Å². The second-order valence-electron chi connectivity index (χ2n) is 16.5. The van der Waals surface area contributed by atoms with Gasteiger partial charge in [0.05, 0.1) is 6.61 Å². The van der Waals surface area contributed by atoms with E-state index in [0.29, 0.717) is 12.8 Å². The Morgan fingerprint density at radius 3 is 1.27 bits per heavy atom. The van der Waals surface area contributed by atoms with Crippen molar-refractivity contribution < 1.29 is 90.6 Å². The largest absolute Gasteiger partial charge is 0.472 e. The van der Waals surface area contributed by atoms with Gasteiger partial charge in [-0.25, -0.2) is 13.7 Å². The van der Waals surface area contributed by atoms with Gasteiger partial charge in [0.2, 0.25) is 0 Å². The van der Waals surface area contributed by atoms with Gasteiger partial charge in [0, 0.05) is 12.8 Å². The molecule has 1 rings (SSSR count). The highest BCUT2D eigenvalue weighted by atomic mass is 31.2. The number of carbonyl (C=O) groups excluding carboxylic acids is 2. The summed E-state index contributed by atoms with van der Waals surface area (Å²) in [4.78, 5) is 73.0. The van der Waals surface area contributed by atoms with Crippen molar-refractivity contribution in [3.8, 4) is 0 Å². The normalized spacial score (nSPS) is 22.1. The predicted molar refractivity (Wildman–Crippen MR) is 233 cm³/mol. The van der Waals surface area contributed by atoms with E-state index in [2.05, 4.69) is 16.0 Å². The Morgan fingerprint density at radius 2 is 0.857 bits per heavy atom. The molecule has 23 heteroatoms. The molecule has 374 valence electrons. The number of esters is 2. The van der Waals surface area contributed by atoms with Gasteiger partial charge in [-0.15, -0.1) is 0 Å². The number of phosphoric acid groups is 3. The highest BCUT2D eigenvalue weighted by Gasteiger charge is 2.56. The van der Waals surface area contributed by atoms with Crippen LogP contribution in [-0.2, 0) is 50.9 Å². The predicted octanol–water partition coefficient (Wildman–Crippen LogP) is 6.51. The maximum Gasteiger partial charge on any atom is 0.472 e. The molecule has 0 aromatic carbocycles. The van der Waals surface area contributed by atoms with E-state index >= 15 is 0 Å². The minimum absolute atomic E-state index is 0.00143. The number of unbranched alkanes of at least 4 members (excludes halogenated alkanes) is 23. The van der Waals surface area contributed by atoms with Crippen LogP contribution in [0.2, 0.25) is 0 Å². The van der Waals surface area contributed by atoms with E-state index < -0.39 is 91.3 Å². The number of nitrogens with two attached hydrogens (primary N) is 1. The maximum atomic E-state index is 13.1. The van der Waals surface area contributed by atoms with Crippen LogP contribution in [0.3, 0.4) is 0 Å². The molecule has 1 aliphatic carbocycles. The van der Waals surface area contributed by atoms with E-state index in [1.54, 1.807) is 0 Å². The zero-order valence-electron chi connectivity index (χ0n) is 37.2. The Hall–Kier alpha value is -0.890. The van der Waals surface area contributed by atoms with Gasteiger partial charge in [0.25, 0.3) is 0 Å². The van der Waals surface area contributed by atoms with Crippen molar-refractivity contribution in [2.24, 2.45) is 5.73 Å². The van der Waals surface area contributed by atoms with E-state index in [4.69, 9.17) is 24.3 Å². The number of ether oxygens (including phenoxy) is 2. The smallest absolute Gasteiger partial charge is 0.462 e. The summed E-state index contributed by atoms with van der Waals surface area (Å²) in [7, 11) is -16.6. The van der Waals surface area contributed by atoms with Crippen molar-refractivity contribution in [1.82, 2.24) is 0 Å². The average Bonchev–Trinajstić information content (AvgIpc) is 3.20. The van der Waals surface area contributed by atoms with Crippen LogP contribution in [0.25, 0.3) is 0 Å². The maximum absolute atomic E-state index is 13.1. The first-order valence-electron chi connectivity index (χ1n) is 23.0. The van der Waals surface area contributed by atoms with Gasteiger partial charge in [-0.05, 0) is 25.8 Å². The van der Waals surface area contributed by atoms with Crippen LogP contribution >= 0.6 is 23.5 Å². The second kappa shape index (κ2) is 34.4. The van der Waals surface area contributed by atoms with Crippen LogP contribution in [0.4, 0.5) is 0 Å². The van der Waals surface area contributed by atoms with Gasteiger partial charge < -0.3 is 55.0 Å². The number of hydrogen-bond acceptors (Lipinski definition) is 15. The van der Waals surface area contributed by atoms with Crippen LogP contribution in [0.5, 0.6) is 0 Å². The zero-order valence-corrected chi connectivity index (χ0v) is 39.9. The third kappa shape index (κ3) is 30.9. The van der Waals surface area contributed by atoms with Gasteiger partial charge in [0.1, 0.15) is 43.2 Å². The Bertz CT molecular complexity index is 1350. The van der Waals surface area contributed by atoms with E-state index in [9.17, 15) is 63.1 Å². The van der Waals surface area contributed by atoms with Crippen LogP contribution < -0.4 is 5.73 Å². The van der Waals surface area contributed by atoms with Crippen molar-refractivity contribution in [2.45, 2.75) is 223 Å². The second-order valence-corrected chi connectivity index (χ2v) is 20.3. The third-order valence-electron chi connectivity index (χ3n) is 10.8. The van der Waals surface area contributed by atoms with E-state index in [0.717, 1.165) is 77.2 Å². The summed E-state index contributed by atoms with van der Waals surface area (Å²) in [6.07, 6.45) is 10.8. The molecule has 0 saturated heterocycles. The van der Waals surface area contributed by atoms with Crippen molar-refractivity contribution in [1.29, 1.82) is 0 Å². The minimum atomic E-state index is -5.60. The molecule has 20 nitrogen and oxygen atoms in total. The molecule has 8 atom stereocenters. The molecule has 0 bridgehead atoms. The quantitative estimate of drug-likeness (QED) is 0.0179. The summed E-state index contributed by atoms with van der Waals surface area (Å²) >= 11 is 0. The number of hydrogen-bond donors (Lipinski definition) is 9. The van der Waals surface area contributed by atoms with Gasteiger partial charge in [0.15, 0.2) is 6.10 Å². The first-order valence-corrected chi connectivity index (χ1v) is 27.6. The first kappa shape index (κ1) is 60.1. The Morgan fingerprint density at radius 1 is 0.492 bits per heavy atom. The van der Waals surface area contributed by atoms with Crippen LogP contribution in [-0.4, -0.2) is 114 Å². The SMILES string of the molecule is CCCCCCCCCCCCCCCC(=O)O[C@H](COC(=O)CCCCCCCCCCCCCCN)COP(=O)(O)OC1C(O)[C@H](OP(=O)(O)O)C(OP(=O)(O)O)[C@H](O)[C@@H]1O. The lowest BCUT2D eigenvalue weighted by Gasteiger charge is -2.44. The molecule has 0 amide bonds. The molecule has 10 N–H and O–H groups in total. The van der Waals surface area contributed by atoms with Gasteiger partial charge in [-0.2, -0.15) is 0 Å². The fraction of sp³-hybridized carbons (Fsp3) is 0.950. The molecule has 0 aliphatic heterocycles. The number of aliphatic hydroxyl groups excluding tert-OH is 3. The van der Waals surface area contributed by atoms with Gasteiger partial charge >= 0.3 is 35.4 Å². The summed E-state index contributed by atoms with van der Waals surface area (Å²) in [5.74, 6) is -1.30. The molecule has 1 aliphatic rings. The number of phosphoric ester groups is 3. The number of rotatable bonds is 40. The molecule has 0 heterocycles. The molecule has 1 fully saturated rings. The topological polar surface area (TPSA) is 329 Å². The van der Waals surface area contributed by atoms with Crippen LogP contribution in [0.1, 0.15) is 180 Å². The van der Waals surface area contributed by atoms with E-state index in [1.807, 2.05) is 0 Å². The summed E-state index contributed by atoms with van der Waals surface area (Å²) in [5.41, 5.74) is 5.53. The lowest BCUT2D eigenvalue weighted by Crippen LogP contribution is -2.65. The van der Waals surface area contributed by atoms with E-state index in [1.165, 1.54) is 77.0 Å². The minimum Gasteiger partial charge on any atom is -0.462 e. The Labute approximate surface area is 373 Å². The van der Waals surface area contributed by atoms with Crippen molar-refractivity contribution in [3.63, 3.8) is 0 Å². The Balaban J connectivity index is 2.74. The van der Waals surface area contributed by atoms with Crippen molar-refractivity contribution in [2.75, 3.05) is 19.8 Å². The monoisotopic (exact) mass is 971 g/mol. The number of aliphatic hydroxyl groups is 3. The molecule has 0 aromatic rings. The average molecular weight is 972 g/mol. The molecule has 4 unspecified atom stereocenters. The number of carbonyl (C=O) groups is 2. The summed E-state index contributed by atoms with van der Waals surface area (Å²) < 4.78 is 65.4. The summed E-state index contributed by atoms with van der Waals surface area (Å²) in [5, 5.41) is 31.8. The summed E-state index contributed by atoms with van der Waals surface area (Å²) in [6, 6.07) is 0. The van der Waals surface area contributed by atoms with E-state index in [-0.39, 0.29) is 12.8 Å². The van der Waals surface area contributed by atoms with Crippen molar-refractivity contribution in [3.05, 3.63) is 0 Å². The fourth-order valence-electron chi connectivity index (χ4n) is 7.30. The highest BCUT2D eigenvalue weighted by molar-refractivity contribution is 7.47. The zero-order chi connectivity index (χ0) is 47.2. The molecule has 1 saturated carbocycles. The fourth-order valence-corrected chi connectivity index (χ4v) is 9.40. The van der Waals surface area contributed by atoms with Crippen LogP contribution in [0, 0.1) is 0 Å². The molecule has 63 heavy (non-hydrogen) atoms. The molecule has 0 aromatic heterocycles. The lowest BCUT2D eigenvalue weighted by molar-refractivity contribution is -0.213. The summed E-state index contributed by atoms with van der Waals surface area (Å²) in [6.45, 7) is 1.46. The highest BCUT2D eigenvalue weighted by Crippen LogP contribution is 2.51. The van der Waals surface area contributed by atoms with Crippen molar-refractivity contribution >= 4 is 35.4 Å². The van der Waals surface area contributed by atoms with Crippen LogP contribution in [0.15, 0.2) is 0 Å². The van der Waals surface area contributed by atoms with Gasteiger partial charge in [-0.1, -0.05) is 148 Å².